The van der Waals surface area contributed by atoms with E-state index < -0.39 is 5.41 Å². The number of methoxy groups -OCH3 is 1. The molecule has 0 saturated heterocycles. The van der Waals surface area contributed by atoms with Gasteiger partial charge in [0.15, 0.2) is 0 Å². The lowest BCUT2D eigenvalue weighted by Gasteiger charge is -2.46. The Kier molecular flexibility index (Phi) is 4.58. The smallest absolute Gasteiger partial charge is 0.316 e. The standard InChI is InChI=1S/C19H25BrO3/c1-4-23-17(21)18(2)16-11-14(20)6-5-13(16)12-19(18)9-7-15(22-3)8-10-19/h5-6,11,15H,4,7-10,12H2,1-3H3. The van der Waals surface area contributed by atoms with Crippen molar-refractivity contribution in [2.45, 2.75) is 57.5 Å². The lowest BCUT2D eigenvalue weighted by molar-refractivity contribution is -0.157. The average Bonchev–Trinajstić information content (AvgIpc) is 2.79. The summed E-state index contributed by atoms with van der Waals surface area (Å²) < 4.78 is 12.1. The van der Waals surface area contributed by atoms with Gasteiger partial charge >= 0.3 is 5.97 Å². The third-order valence-corrected chi connectivity index (χ3v) is 6.60. The number of hydrogen-bond acceptors (Lipinski definition) is 3. The molecule has 0 aliphatic heterocycles. The van der Waals surface area contributed by atoms with Gasteiger partial charge < -0.3 is 9.47 Å². The summed E-state index contributed by atoms with van der Waals surface area (Å²) >= 11 is 3.57. The molecule has 0 bridgehead atoms. The van der Waals surface area contributed by atoms with Crippen LogP contribution in [0.15, 0.2) is 22.7 Å². The van der Waals surface area contributed by atoms with Crippen molar-refractivity contribution in [3.8, 4) is 0 Å². The molecule has 0 aromatic heterocycles. The maximum Gasteiger partial charge on any atom is 0.316 e. The third-order valence-electron chi connectivity index (χ3n) is 6.11. The number of carbonyl (C=O) groups excluding carboxylic acids is 1. The first kappa shape index (κ1) is 17.0. The minimum absolute atomic E-state index is 0.0442. The van der Waals surface area contributed by atoms with E-state index in [-0.39, 0.29) is 11.4 Å². The molecular weight excluding hydrogens is 356 g/mol. The predicted octanol–water partition coefficient (Wildman–Crippen LogP) is 4.40. The Morgan fingerprint density at radius 1 is 1.35 bits per heavy atom. The van der Waals surface area contributed by atoms with Crippen LogP contribution in [0.25, 0.3) is 0 Å². The van der Waals surface area contributed by atoms with Crippen molar-refractivity contribution in [2.24, 2.45) is 5.41 Å². The van der Waals surface area contributed by atoms with E-state index in [2.05, 4.69) is 41.1 Å². The highest BCUT2D eigenvalue weighted by Gasteiger charge is 2.60. The summed E-state index contributed by atoms with van der Waals surface area (Å²) in [5, 5.41) is 0. The summed E-state index contributed by atoms with van der Waals surface area (Å²) in [6.07, 6.45) is 5.32. The van der Waals surface area contributed by atoms with Gasteiger partial charge in [-0.05, 0) is 74.6 Å². The van der Waals surface area contributed by atoms with Gasteiger partial charge in [-0.25, -0.2) is 0 Å². The van der Waals surface area contributed by atoms with Crippen molar-refractivity contribution in [1.29, 1.82) is 0 Å². The molecule has 1 aromatic carbocycles. The minimum atomic E-state index is -0.569. The topological polar surface area (TPSA) is 35.5 Å². The molecule has 3 nitrogen and oxygen atoms in total. The minimum Gasteiger partial charge on any atom is -0.465 e. The zero-order valence-electron chi connectivity index (χ0n) is 14.2. The Balaban J connectivity index is 2.05. The van der Waals surface area contributed by atoms with Crippen molar-refractivity contribution < 1.29 is 14.3 Å². The molecule has 0 amide bonds. The van der Waals surface area contributed by atoms with Gasteiger partial charge in [-0.1, -0.05) is 22.0 Å². The van der Waals surface area contributed by atoms with Crippen LogP contribution in [0.4, 0.5) is 0 Å². The molecule has 1 fully saturated rings. The third kappa shape index (κ3) is 2.54. The van der Waals surface area contributed by atoms with E-state index in [1.165, 1.54) is 5.56 Å². The second-order valence-corrected chi connectivity index (χ2v) is 7.95. The number of carbonyl (C=O) groups is 1. The highest BCUT2D eigenvalue weighted by Crippen LogP contribution is 2.59. The summed E-state index contributed by atoms with van der Waals surface area (Å²) in [4.78, 5) is 13.0. The van der Waals surface area contributed by atoms with Gasteiger partial charge in [-0.2, -0.15) is 0 Å². The largest absolute Gasteiger partial charge is 0.465 e. The van der Waals surface area contributed by atoms with Gasteiger partial charge in [0, 0.05) is 11.6 Å². The Hall–Kier alpha value is -0.870. The van der Waals surface area contributed by atoms with Crippen LogP contribution in [0, 0.1) is 5.41 Å². The van der Waals surface area contributed by atoms with E-state index in [9.17, 15) is 4.79 Å². The zero-order chi connectivity index (χ0) is 16.7. The summed E-state index contributed by atoms with van der Waals surface area (Å²) in [5.41, 5.74) is 1.82. The van der Waals surface area contributed by atoms with Gasteiger partial charge in [0.1, 0.15) is 0 Å². The first-order valence-electron chi connectivity index (χ1n) is 8.46. The van der Waals surface area contributed by atoms with Crippen molar-refractivity contribution in [2.75, 3.05) is 13.7 Å². The molecule has 3 rings (SSSR count). The number of hydrogen-bond donors (Lipinski definition) is 0. The highest BCUT2D eigenvalue weighted by molar-refractivity contribution is 9.10. The Bertz CT molecular complexity index is 605. The van der Waals surface area contributed by atoms with E-state index >= 15 is 0 Å². The normalized spacial score (nSPS) is 32.8. The second kappa shape index (κ2) is 6.21. The zero-order valence-corrected chi connectivity index (χ0v) is 15.7. The van der Waals surface area contributed by atoms with Crippen molar-refractivity contribution in [1.82, 2.24) is 0 Å². The fourth-order valence-corrected chi connectivity index (χ4v) is 5.01. The van der Waals surface area contributed by atoms with Crippen molar-refractivity contribution in [3.63, 3.8) is 0 Å². The molecule has 4 heteroatoms. The first-order valence-corrected chi connectivity index (χ1v) is 9.25. The maximum atomic E-state index is 13.0. The molecule has 23 heavy (non-hydrogen) atoms. The molecule has 0 heterocycles. The average molecular weight is 381 g/mol. The maximum absolute atomic E-state index is 13.0. The highest BCUT2D eigenvalue weighted by atomic mass is 79.9. The SMILES string of the molecule is CCOC(=O)C1(C)c2cc(Br)ccc2CC12CCC(OC)CC2. The number of rotatable bonds is 3. The monoisotopic (exact) mass is 380 g/mol. The lowest BCUT2D eigenvalue weighted by atomic mass is 9.58. The fraction of sp³-hybridized carbons (Fsp3) is 0.632. The molecule has 2 aliphatic carbocycles. The number of ether oxygens (including phenoxy) is 2. The van der Waals surface area contributed by atoms with Gasteiger partial charge in [-0.15, -0.1) is 0 Å². The molecule has 1 aromatic rings. The summed E-state index contributed by atoms with van der Waals surface area (Å²) in [7, 11) is 1.79. The van der Waals surface area contributed by atoms with E-state index in [1.807, 2.05) is 6.92 Å². The Morgan fingerprint density at radius 3 is 2.65 bits per heavy atom. The predicted molar refractivity (Wildman–Crippen MR) is 93.5 cm³/mol. The summed E-state index contributed by atoms with van der Waals surface area (Å²) in [6.45, 7) is 4.40. The van der Waals surface area contributed by atoms with Crippen LogP contribution in [0.3, 0.4) is 0 Å². The van der Waals surface area contributed by atoms with E-state index in [4.69, 9.17) is 9.47 Å². The van der Waals surface area contributed by atoms with E-state index in [0.717, 1.165) is 42.1 Å². The summed E-state index contributed by atoms with van der Waals surface area (Å²) in [6, 6.07) is 6.35. The number of esters is 1. The number of halogens is 1. The molecule has 1 unspecified atom stereocenters. The number of fused-ring (bicyclic) bond motifs is 1. The number of benzene rings is 1. The van der Waals surface area contributed by atoms with E-state index in [1.54, 1.807) is 7.11 Å². The first-order chi connectivity index (χ1) is 11.0. The van der Waals surface area contributed by atoms with Gasteiger partial charge in [0.2, 0.25) is 0 Å². The molecular formula is C19H25BrO3. The molecule has 1 spiro atoms. The van der Waals surface area contributed by atoms with Crippen LogP contribution < -0.4 is 0 Å². The quantitative estimate of drug-likeness (QED) is 0.728. The molecule has 2 aliphatic rings. The van der Waals surface area contributed by atoms with Crippen LogP contribution in [0.2, 0.25) is 0 Å². The van der Waals surface area contributed by atoms with Crippen LogP contribution in [-0.2, 0) is 26.1 Å². The fourth-order valence-electron chi connectivity index (χ4n) is 4.65. The van der Waals surface area contributed by atoms with E-state index in [0.29, 0.717) is 12.7 Å². The van der Waals surface area contributed by atoms with Crippen molar-refractivity contribution >= 4 is 21.9 Å². The van der Waals surface area contributed by atoms with Crippen LogP contribution >= 0.6 is 15.9 Å². The molecule has 1 saturated carbocycles. The molecule has 0 radical (unpaired) electrons. The molecule has 0 N–H and O–H groups in total. The van der Waals surface area contributed by atoms with Crippen molar-refractivity contribution in [3.05, 3.63) is 33.8 Å². The molecule has 1 atom stereocenters. The Labute approximate surface area is 146 Å². The van der Waals surface area contributed by atoms with Gasteiger partial charge in [0.25, 0.3) is 0 Å². The second-order valence-electron chi connectivity index (χ2n) is 7.04. The van der Waals surface area contributed by atoms with Gasteiger partial charge in [0.05, 0.1) is 18.1 Å². The van der Waals surface area contributed by atoms with Crippen LogP contribution in [-0.4, -0.2) is 25.8 Å². The lowest BCUT2D eigenvalue weighted by Crippen LogP contribution is -2.50. The molecule has 126 valence electrons. The van der Waals surface area contributed by atoms with Crippen LogP contribution in [0.5, 0.6) is 0 Å². The Morgan fingerprint density at radius 2 is 2.04 bits per heavy atom. The van der Waals surface area contributed by atoms with Crippen LogP contribution in [0.1, 0.15) is 50.7 Å². The summed E-state index contributed by atoms with van der Waals surface area (Å²) in [5.74, 6) is -0.0762. The van der Waals surface area contributed by atoms with Gasteiger partial charge in [-0.3, -0.25) is 4.79 Å².